The number of carbonyl (C=O) groups excluding carboxylic acids is 2. The minimum atomic E-state index is -0.702. The molecule has 0 bridgehead atoms. The number of amides is 2. The molecule has 29 heavy (non-hydrogen) atoms. The Kier molecular flexibility index (Phi) is 4.05. The third-order valence-corrected chi connectivity index (χ3v) is 7.20. The number of hydrogen-bond acceptors (Lipinski definition) is 3. The van der Waals surface area contributed by atoms with Crippen LogP contribution in [0.3, 0.4) is 0 Å². The highest BCUT2D eigenvalue weighted by Crippen LogP contribution is 2.86. The van der Waals surface area contributed by atoms with E-state index >= 15 is 0 Å². The number of hydrogen-bond donors (Lipinski definition) is 2. The van der Waals surface area contributed by atoms with Crippen molar-refractivity contribution >= 4 is 11.8 Å². The maximum atomic E-state index is 13.8. The van der Waals surface area contributed by atoms with Crippen molar-refractivity contribution in [2.45, 2.75) is 45.1 Å². The molecular weight excluding hydrogens is 371 g/mol. The summed E-state index contributed by atoms with van der Waals surface area (Å²) in [6, 6.07) is 5.53. The number of nitrogens with one attached hydrogen (secondary N) is 2. The van der Waals surface area contributed by atoms with Crippen LogP contribution in [0.2, 0.25) is 0 Å². The second-order valence-electron chi connectivity index (χ2n) is 9.07. The lowest BCUT2D eigenvalue weighted by molar-refractivity contribution is -0.139. The summed E-state index contributed by atoms with van der Waals surface area (Å²) >= 11 is 0. The van der Waals surface area contributed by atoms with Gasteiger partial charge in [-0.25, -0.2) is 9.07 Å². The van der Waals surface area contributed by atoms with Crippen molar-refractivity contribution in [3.8, 4) is 5.69 Å². The molecule has 0 saturated heterocycles. The van der Waals surface area contributed by atoms with Gasteiger partial charge >= 0.3 is 11.8 Å². The molecular formula is C22H25FN4O2. The van der Waals surface area contributed by atoms with Gasteiger partial charge in [-0.2, -0.15) is 5.10 Å². The van der Waals surface area contributed by atoms with E-state index in [4.69, 9.17) is 0 Å². The molecule has 6 nitrogen and oxygen atoms in total. The van der Waals surface area contributed by atoms with Gasteiger partial charge in [-0.3, -0.25) is 9.59 Å². The molecule has 3 aliphatic carbocycles. The molecule has 1 atom stereocenters. The molecule has 2 amide bonds. The third kappa shape index (κ3) is 3.12. The summed E-state index contributed by atoms with van der Waals surface area (Å²) in [5.41, 5.74) is 2.47. The molecule has 3 fully saturated rings. The van der Waals surface area contributed by atoms with E-state index in [2.05, 4.69) is 15.7 Å². The molecule has 0 radical (unpaired) electrons. The van der Waals surface area contributed by atoms with Crippen LogP contribution in [0, 0.1) is 22.6 Å². The zero-order valence-corrected chi connectivity index (χ0v) is 16.5. The van der Waals surface area contributed by atoms with Crippen LogP contribution in [0.25, 0.3) is 5.69 Å². The largest absolute Gasteiger partial charge is 0.348 e. The van der Waals surface area contributed by atoms with E-state index in [0.717, 1.165) is 0 Å². The van der Waals surface area contributed by atoms with Gasteiger partial charge in [0.15, 0.2) is 0 Å². The van der Waals surface area contributed by atoms with Gasteiger partial charge in [-0.1, -0.05) is 0 Å². The first kappa shape index (κ1) is 18.3. The molecule has 152 valence electrons. The van der Waals surface area contributed by atoms with E-state index < -0.39 is 23.7 Å². The lowest BCUT2D eigenvalue weighted by Crippen LogP contribution is -2.45. The second kappa shape index (κ2) is 6.40. The highest BCUT2D eigenvalue weighted by atomic mass is 19.1. The van der Waals surface area contributed by atoms with Gasteiger partial charge in [0, 0.05) is 24.5 Å². The van der Waals surface area contributed by atoms with Crippen molar-refractivity contribution < 1.29 is 14.0 Å². The van der Waals surface area contributed by atoms with Gasteiger partial charge in [0.1, 0.15) is 5.82 Å². The first-order valence-corrected chi connectivity index (χ1v) is 10.3. The second-order valence-corrected chi connectivity index (χ2v) is 9.07. The van der Waals surface area contributed by atoms with E-state index in [9.17, 15) is 14.0 Å². The lowest BCUT2D eigenvalue weighted by Gasteiger charge is -2.37. The number of aromatic nitrogens is 2. The molecule has 1 heterocycles. The van der Waals surface area contributed by atoms with Crippen LogP contribution in [-0.2, 0) is 9.59 Å². The molecule has 2 N–H and O–H groups in total. The number of fused-ring (bicyclic) bond motifs is 1. The zero-order chi connectivity index (χ0) is 20.2. The van der Waals surface area contributed by atoms with Crippen molar-refractivity contribution in [1.82, 2.24) is 20.4 Å². The van der Waals surface area contributed by atoms with E-state index in [1.54, 1.807) is 36.1 Å². The Morgan fingerprint density at radius 2 is 2.07 bits per heavy atom. The summed E-state index contributed by atoms with van der Waals surface area (Å²) in [6.07, 6.45) is 9.87. The number of rotatable bonds is 5. The number of benzene rings is 1. The SMILES string of the molecule is CC(NC(=O)C(=O)NCC1CC2(C1)CC21CC1)c1cc(F)ccc1-n1cccn1. The number of carbonyl (C=O) groups is 2. The highest BCUT2D eigenvalue weighted by Gasteiger charge is 2.76. The van der Waals surface area contributed by atoms with Gasteiger partial charge in [0.25, 0.3) is 0 Å². The maximum Gasteiger partial charge on any atom is 0.309 e. The van der Waals surface area contributed by atoms with Crippen molar-refractivity contribution in [1.29, 1.82) is 0 Å². The topological polar surface area (TPSA) is 76.0 Å². The van der Waals surface area contributed by atoms with Crippen LogP contribution in [0.4, 0.5) is 4.39 Å². The maximum absolute atomic E-state index is 13.8. The average molecular weight is 396 g/mol. The predicted octanol–water partition coefficient (Wildman–Crippen LogP) is 2.89. The van der Waals surface area contributed by atoms with Crippen LogP contribution in [0.5, 0.6) is 0 Å². The van der Waals surface area contributed by atoms with Gasteiger partial charge in [-0.15, -0.1) is 0 Å². The molecule has 7 heteroatoms. The summed E-state index contributed by atoms with van der Waals surface area (Å²) < 4.78 is 15.4. The number of nitrogens with zero attached hydrogens (tertiary/aromatic N) is 2. The third-order valence-electron chi connectivity index (χ3n) is 7.20. The number of halogens is 1. The van der Waals surface area contributed by atoms with Crippen LogP contribution < -0.4 is 10.6 Å². The minimum Gasteiger partial charge on any atom is -0.348 e. The molecule has 2 aromatic rings. The lowest BCUT2D eigenvalue weighted by atomic mass is 9.70. The Bertz CT molecular complexity index is 961. The van der Waals surface area contributed by atoms with Crippen molar-refractivity contribution in [2.75, 3.05) is 6.54 Å². The first-order chi connectivity index (χ1) is 13.9. The summed E-state index contributed by atoms with van der Waals surface area (Å²) in [5.74, 6) is -1.26. The summed E-state index contributed by atoms with van der Waals surface area (Å²) in [6.45, 7) is 2.28. The molecule has 3 aliphatic rings. The van der Waals surface area contributed by atoms with Crippen LogP contribution in [-0.4, -0.2) is 28.1 Å². The van der Waals surface area contributed by atoms with Crippen LogP contribution in [0.1, 0.15) is 50.6 Å². The molecule has 0 aliphatic heterocycles. The fourth-order valence-electron chi connectivity index (χ4n) is 5.38. The highest BCUT2D eigenvalue weighted by molar-refractivity contribution is 6.35. The molecule has 1 aromatic heterocycles. The molecule has 5 rings (SSSR count). The standard InChI is InChI=1S/C22H25FN4O2/c1-14(17-9-16(23)3-4-18(17)27-8-2-7-25-27)26-20(29)19(28)24-12-15-10-22(11-15)13-21(22)5-6-21/h2-4,7-9,14-15H,5-6,10-13H2,1H3,(H,24,28)(H,26,29). The molecule has 1 aromatic carbocycles. The fraction of sp³-hybridized carbons (Fsp3) is 0.500. The summed E-state index contributed by atoms with van der Waals surface area (Å²) in [4.78, 5) is 24.6. The van der Waals surface area contributed by atoms with Crippen LogP contribution in [0.15, 0.2) is 36.7 Å². The van der Waals surface area contributed by atoms with E-state index in [-0.39, 0.29) is 0 Å². The van der Waals surface area contributed by atoms with Crippen LogP contribution >= 0.6 is 0 Å². The predicted molar refractivity (Wildman–Crippen MR) is 105 cm³/mol. The summed E-state index contributed by atoms with van der Waals surface area (Å²) in [5, 5.41) is 9.62. The van der Waals surface area contributed by atoms with Crippen molar-refractivity contribution in [3.05, 3.63) is 48.0 Å². The average Bonchev–Trinajstić information content (AvgIpc) is 3.51. The van der Waals surface area contributed by atoms with Crippen molar-refractivity contribution in [2.24, 2.45) is 16.7 Å². The van der Waals surface area contributed by atoms with Gasteiger partial charge in [0.05, 0.1) is 11.7 Å². The zero-order valence-electron chi connectivity index (χ0n) is 16.5. The Morgan fingerprint density at radius 1 is 1.28 bits per heavy atom. The summed E-state index contributed by atoms with van der Waals surface area (Å²) in [7, 11) is 0. The van der Waals surface area contributed by atoms with Gasteiger partial charge in [-0.05, 0) is 80.0 Å². The fourth-order valence-corrected chi connectivity index (χ4v) is 5.38. The Labute approximate surface area is 168 Å². The van der Waals surface area contributed by atoms with Crippen molar-refractivity contribution in [3.63, 3.8) is 0 Å². The first-order valence-electron chi connectivity index (χ1n) is 10.3. The smallest absolute Gasteiger partial charge is 0.309 e. The van der Waals surface area contributed by atoms with Gasteiger partial charge in [0.2, 0.25) is 0 Å². The Morgan fingerprint density at radius 3 is 2.72 bits per heavy atom. The van der Waals surface area contributed by atoms with E-state index in [0.29, 0.717) is 34.5 Å². The Balaban J connectivity index is 1.16. The normalized spacial score (nSPS) is 26.6. The van der Waals surface area contributed by atoms with E-state index in [1.807, 2.05) is 0 Å². The van der Waals surface area contributed by atoms with E-state index in [1.165, 1.54) is 44.2 Å². The quantitative estimate of drug-likeness (QED) is 0.763. The Hall–Kier alpha value is -2.70. The monoisotopic (exact) mass is 396 g/mol. The molecule has 1 unspecified atom stereocenters. The minimum absolute atomic E-state index is 0.408. The molecule has 3 saturated carbocycles. The van der Waals surface area contributed by atoms with Gasteiger partial charge < -0.3 is 10.6 Å². The molecule has 2 spiro atoms.